The van der Waals surface area contributed by atoms with E-state index in [2.05, 4.69) is 5.32 Å². The van der Waals surface area contributed by atoms with Crippen molar-refractivity contribution in [3.63, 3.8) is 0 Å². The van der Waals surface area contributed by atoms with Crippen LogP contribution in [0.4, 0.5) is 0 Å². The second-order valence-corrected chi connectivity index (χ2v) is 6.29. The highest BCUT2D eigenvalue weighted by molar-refractivity contribution is 6.05. The van der Waals surface area contributed by atoms with Crippen molar-refractivity contribution in [1.29, 1.82) is 0 Å². The van der Waals surface area contributed by atoms with E-state index in [1.807, 2.05) is 6.07 Å². The Balaban J connectivity index is 1.89. The molecule has 0 radical (unpaired) electrons. The average molecular weight is 350 g/mol. The molecule has 0 atom stereocenters. The summed E-state index contributed by atoms with van der Waals surface area (Å²) in [4.78, 5) is 27.2. The van der Waals surface area contributed by atoms with Gasteiger partial charge in [0, 0.05) is 24.2 Å². The first-order chi connectivity index (χ1) is 12.6. The molecule has 0 aromatic heterocycles. The molecule has 134 valence electrons. The van der Waals surface area contributed by atoms with Gasteiger partial charge in [0.2, 0.25) is 0 Å². The molecule has 0 bridgehead atoms. The number of hydrogen-bond acceptors (Lipinski definition) is 3. The molecule has 2 aromatic carbocycles. The number of amides is 2. The quantitative estimate of drug-likeness (QED) is 0.832. The number of para-hydroxylation sites is 1. The number of aromatic hydroxyl groups is 1. The molecule has 0 spiro atoms. The van der Waals surface area contributed by atoms with Crippen molar-refractivity contribution in [1.82, 2.24) is 10.2 Å². The number of phenols is 1. The van der Waals surface area contributed by atoms with E-state index in [1.165, 1.54) is 6.08 Å². The Kier molecular flexibility index (Phi) is 5.69. The zero-order chi connectivity index (χ0) is 18.4. The molecule has 5 heteroatoms. The second kappa shape index (κ2) is 8.34. The number of benzene rings is 2. The fraction of sp³-hybridized carbons (Fsp3) is 0.238. The molecule has 1 aliphatic rings. The van der Waals surface area contributed by atoms with Crippen molar-refractivity contribution in [2.24, 2.45) is 0 Å². The molecule has 2 amide bonds. The number of hydrogen-bond donors (Lipinski definition) is 2. The summed E-state index contributed by atoms with van der Waals surface area (Å²) in [7, 11) is 0. The maximum atomic E-state index is 12.9. The molecule has 0 unspecified atom stereocenters. The molecule has 0 saturated carbocycles. The molecule has 26 heavy (non-hydrogen) atoms. The van der Waals surface area contributed by atoms with Gasteiger partial charge in [-0.25, -0.2) is 0 Å². The van der Waals surface area contributed by atoms with Crippen molar-refractivity contribution in [3.8, 4) is 5.75 Å². The van der Waals surface area contributed by atoms with E-state index in [4.69, 9.17) is 0 Å². The van der Waals surface area contributed by atoms with Gasteiger partial charge < -0.3 is 15.3 Å². The summed E-state index contributed by atoms with van der Waals surface area (Å²) in [5.74, 6) is -0.514. The highest BCUT2D eigenvalue weighted by atomic mass is 16.3. The Labute approximate surface area is 153 Å². The third-order valence-electron chi connectivity index (χ3n) is 4.39. The minimum atomic E-state index is -0.349. The Morgan fingerprint density at radius 1 is 0.923 bits per heavy atom. The van der Waals surface area contributed by atoms with Gasteiger partial charge in [0.25, 0.3) is 11.8 Å². The van der Waals surface area contributed by atoms with Crippen LogP contribution >= 0.6 is 0 Å². The monoisotopic (exact) mass is 350 g/mol. The molecule has 1 heterocycles. The van der Waals surface area contributed by atoms with Gasteiger partial charge in [-0.2, -0.15) is 0 Å². The fourth-order valence-electron chi connectivity index (χ4n) is 2.97. The van der Waals surface area contributed by atoms with Gasteiger partial charge in [-0.3, -0.25) is 9.59 Å². The zero-order valence-corrected chi connectivity index (χ0v) is 14.5. The number of phenolic OH excluding ortho intramolecular Hbond substituents is 1. The minimum Gasteiger partial charge on any atom is -0.507 e. The number of rotatable bonds is 4. The summed E-state index contributed by atoms with van der Waals surface area (Å²) >= 11 is 0. The highest BCUT2D eigenvalue weighted by Crippen LogP contribution is 2.20. The number of likely N-dealkylation sites (tertiary alicyclic amines) is 1. The van der Waals surface area contributed by atoms with Crippen LogP contribution in [0.25, 0.3) is 6.08 Å². The Morgan fingerprint density at radius 3 is 2.27 bits per heavy atom. The molecule has 2 N–H and O–H groups in total. The molecule has 1 fully saturated rings. The summed E-state index contributed by atoms with van der Waals surface area (Å²) < 4.78 is 0. The predicted molar refractivity (Wildman–Crippen MR) is 100 cm³/mol. The van der Waals surface area contributed by atoms with Gasteiger partial charge in [0.1, 0.15) is 11.4 Å². The van der Waals surface area contributed by atoms with Gasteiger partial charge in [0.15, 0.2) is 0 Å². The van der Waals surface area contributed by atoms with Crippen LogP contribution in [0.3, 0.4) is 0 Å². The molecule has 1 aliphatic heterocycles. The summed E-state index contributed by atoms with van der Waals surface area (Å²) in [6.07, 6.45) is 4.57. The molecule has 2 aromatic rings. The van der Waals surface area contributed by atoms with E-state index in [1.54, 1.807) is 53.4 Å². The van der Waals surface area contributed by atoms with Crippen LogP contribution < -0.4 is 5.32 Å². The number of carbonyl (C=O) groups is 2. The van der Waals surface area contributed by atoms with E-state index >= 15 is 0 Å². The lowest BCUT2D eigenvalue weighted by Gasteiger charge is -2.27. The van der Waals surface area contributed by atoms with Gasteiger partial charge >= 0.3 is 0 Å². The largest absolute Gasteiger partial charge is 0.507 e. The normalized spacial score (nSPS) is 14.8. The summed E-state index contributed by atoms with van der Waals surface area (Å²) in [6, 6.07) is 15.5. The van der Waals surface area contributed by atoms with Gasteiger partial charge in [-0.15, -0.1) is 0 Å². The lowest BCUT2D eigenvalue weighted by atomic mass is 10.1. The summed E-state index contributed by atoms with van der Waals surface area (Å²) in [5.41, 5.74) is 1.13. The van der Waals surface area contributed by atoms with E-state index in [0.29, 0.717) is 24.2 Å². The van der Waals surface area contributed by atoms with Crippen molar-refractivity contribution in [3.05, 3.63) is 71.4 Å². The first-order valence-corrected chi connectivity index (χ1v) is 8.80. The molecule has 1 saturated heterocycles. The van der Waals surface area contributed by atoms with Crippen LogP contribution in [-0.4, -0.2) is 34.9 Å². The lowest BCUT2D eigenvalue weighted by Crippen LogP contribution is -2.41. The minimum absolute atomic E-state index is 0.0606. The average Bonchev–Trinajstić information content (AvgIpc) is 2.70. The van der Waals surface area contributed by atoms with Crippen LogP contribution in [0, 0.1) is 0 Å². The summed E-state index contributed by atoms with van der Waals surface area (Å²) in [5, 5.41) is 12.7. The van der Waals surface area contributed by atoms with Crippen LogP contribution in [0.2, 0.25) is 0 Å². The number of piperidine rings is 1. The Hall–Kier alpha value is -3.08. The number of carbonyl (C=O) groups excluding carboxylic acids is 2. The lowest BCUT2D eigenvalue weighted by molar-refractivity contribution is -0.128. The maximum Gasteiger partial charge on any atom is 0.270 e. The standard InChI is InChI=1S/C21H22N2O3/c24-19-12-6-5-11-17(19)15-18(21(26)23-13-7-2-8-14-23)22-20(25)16-9-3-1-4-10-16/h1,3-6,9-12,15,24H,2,7-8,13-14H2,(H,22,25)/b18-15+. The molecule has 0 aliphatic carbocycles. The van der Waals surface area contributed by atoms with Crippen molar-refractivity contribution in [2.75, 3.05) is 13.1 Å². The SMILES string of the molecule is O=C(N/C(=C/c1ccccc1O)C(=O)N1CCCCC1)c1ccccc1. The van der Waals surface area contributed by atoms with Crippen LogP contribution in [0.5, 0.6) is 5.75 Å². The van der Waals surface area contributed by atoms with E-state index in [-0.39, 0.29) is 23.3 Å². The van der Waals surface area contributed by atoms with Gasteiger partial charge in [-0.05, 0) is 43.5 Å². The van der Waals surface area contributed by atoms with Crippen LogP contribution in [0.1, 0.15) is 35.2 Å². The van der Waals surface area contributed by atoms with Gasteiger partial charge in [0.05, 0.1) is 0 Å². The maximum absolute atomic E-state index is 12.9. The fourth-order valence-corrected chi connectivity index (χ4v) is 2.97. The van der Waals surface area contributed by atoms with E-state index < -0.39 is 0 Å². The summed E-state index contributed by atoms with van der Waals surface area (Å²) in [6.45, 7) is 1.36. The smallest absolute Gasteiger partial charge is 0.270 e. The molecule has 5 nitrogen and oxygen atoms in total. The van der Waals surface area contributed by atoms with Gasteiger partial charge in [-0.1, -0.05) is 36.4 Å². The second-order valence-electron chi connectivity index (χ2n) is 6.29. The zero-order valence-electron chi connectivity index (χ0n) is 14.5. The molecular formula is C21H22N2O3. The topological polar surface area (TPSA) is 69.6 Å². The van der Waals surface area contributed by atoms with E-state index in [0.717, 1.165) is 19.3 Å². The van der Waals surface area contributed by atoms with Crippen molar-refractivity contribution in [2.45, 2.75) is 19.3 Å². The molecule has 3 rings (SSSR count). The Morgan fingerprint density at radius 2 is 1.58 bits per heavy atom. The Bertz CT molecular complexity index is 809. The first-order valence-electron chi connectivity index (χ1n) is 8.80. The molecular weight excluding hydrogens is 328 g/mol. The first kappa shape index (κ1) is 17.7. The third kappa shape index (κ3) is 4.30. The van der Waals surface area contributed by atoms with Crippen molar-refractivity contribution < 1.29 is 14.7 Å². The third-order valence-corrected chi connectivity index (χ3v) is 4.39. The van der Waals surface area contributed by atoms with Crippen LogP contribution in [0.15, 0.2) is 60.3 Å². The number of nitrogens with zero attached hydrogens (tertiary/aromatic N) is 1. The number of nitrogens with one attached hydrogen (secondary N) is 1. The van der Waals surface area contributed by atoms with E-state index in [9.17, 15) is 14.7 Å². The predicted octanol–water partition coefficient (Wildman–Crippen LogP) is 3.18. The highest BCUT2D eigenvalue weighted by Gasteiger charge is 2.22. The van der Waals surface area contributed by atoms with Crippen molar-refractivity contribution >= 4 is 17.9 Å². The van der Waals surface area contributed by atoms with Crippen LogP contribution in [-0.2, 0) is 4.79 Å².